The highest BCUT2D eigenvalue weighted by Gasteiger charge is 2.25. The van der Waals surface area contributed by atoms with E-state index in [1.165, 1.54) is 0 Å². The summed E-state index contributed by atoms with van der Waals surface area (Å²) in [5.41, 5.74) is 0.883. The molecule has 110 valence electrons. The van der Waals surface area contributed by atoms with Gasteiger partial charge in [0.25, 0.3) is 0 Å². The SMILES string of the molecule is COCCC(C)(C)CNS(=O)(=O)c1c(C)n[nH]c1C. The molecule has 1 heterocycles. The lowest BCUT2D eigenvalue weighted by Crippen LogP contribution is -2.35. The molecule has 1 rings (SSSR count). The van der Waals surface area contributed by atoms with Crippen molar-refractivity contribution in [2.24, 2.45) is 5.41 Å². The monoisotopic (exact) mass is 289 g/mol. The van der Waals surface area contributed by atoms with Crippen LogP contribution in [0, 0.1) is 19.3 Å². The minimum Gasteiger partial charge on any atom is -0.385 e. The summed E-state index contributed by atoms with van der Waals surface area (Å²) < 4.78 is 32.2. The number of methoxy groups -OCH3 is 1. The van der Waals surface area contributed by atoms with Gasteiger partial charge < -0.3 is 4.74 Å². The molecule has 0 aliphatic rings. The zero-order valence-corrected chi connectivity index (χ0v) is 13.0. The topological polar surface area (TPSA) is 84.1 Å². The van der Waals surface area contributed by atoms with E-state index < -0.39 is 10.0 Å². The number of hydrogen-bond donors (Lipinski definition) is 2. The van der Waals surface area contributed by atoms with Crippen LogP contribution in [0.5, 0.6) is 0 Å². The number of aryl methyl sites for hydroxylation is 2. The molecule has 2 N–H and O–H groups in total. The first-order chi connectivity index (χ1) is 8.69. The summed E-state index contributed by atoms with van der Waals surface area (Å²) in [7, 11) is -1.88. The van der Waals surface area contributed by atoms with Gasteiger partial charge in [-0.2, -0.15) is 5.10 Å². The first-order valence-electron chi connectivity index (χ1n) is 6.20. The van der Waals surface area contributed by atoms with Crippen molar-refractivity contribution in [2.75, 3.05) is 20.3 Å². The van der Waals surface area contributed by atoms with Gasteiger partial charge in [0.1, 0.15) is 4.90 Å². The largest absolute Gasteiger partial charge is 0.385 e. The van der Waals surface area contributed by atoms with Crippen LogP contribution in [0.4, 0.5) is 0 Å². The molecule has 0 unspecified atom stereocenters. The van der Waals surface area contributed by atoms with Gasteiger partial charge in [0.15, 0.2) is 0 Å². The molecule has 0 radical (unpaired) electrons. The Morgan fingerprint density at radius 3 is 2.47 bits per heavy atom. The van der Waals surface area contributed by atoms with E-state index in [1.54, 1.807) is 21.0 Å². The van der Waals surface area contributed by atoms with Gasteiger partial charge in [0.2, 0.25) is 10.0 Å². The Hall–Kier alpha value is -0.920. The van der Waals surface area contributed by atoms with Gasteiger partial charge in [0.05, 0.1) is 11.4 Å². The minimum atomic E-state index is -3.52. The van der Waals surface area contributed by atoms with Crippen molar-refractivity contribution in [3.8, 4) is 0 Å². The summed E-state index contributed by atoms with van der Waals surface area (Å²) >= 11 is 0. The summed E-state index contributed by atoms with van der Waals surface area (Å²) in [6, 6.07) is 0. The van der Waals surface area contributed by atoms with E-state index in [0.717, 1.165) is 6.42 Å². The third-order valence-corrected chi connectivity index (χ3v) is 4.72. The average Bonchev–Trinajstić information content (AvgIpc) is 2.65. The highest BCUT2D eigenvalue weighted by Crippen LogP contribution is 2.21. The van der Waals surface area contributed by atoms with Crippen molar-refractivity contribution in [3.63, 3.8) is 0 Å². The van der Waals surface area contributed by atoms with Gasteiger partial charge in [-0.15, -0.1) is 0 Å². The van der Waals surface area contributed by atoms with Crippen LogP contribution >= 0.6 is 0 Å². The number of hydrogen-bond acceptors (Lipinski definition) is 4. The second-order valence-corrected chi connectivity index (χ2v) is 7.20. The highest BCUT2D eigenvalue weighted by molar-refractivity contribution is 7.89. The molecule has 1 aromatic rings. The molecule has 0 saturated carbocycles. The van der Waals surface area contributed by atoms with Crippen LogP contribution in [0.1, 0.15) is 31.7 Å². The van der Waals surface area contributed by atoms with Crippen molar-refractivity contribution >= 4 is 10.0 Å². The van der Waals surface area contributed by atoms with E-state index in [2.05, 4.69) is 14.9 Å². The van der Waals surface area contributed by atoms with Crippen LogP contribution in [0.25, 0.3) is 0 Å². The Morgan fingerprint density at radius 2 is 2.00 bits per heavy atom. The van der Waals surface area contributed by atoms with Gasteiger partial charge in [-0.05, 0) is 25.7 Å². The predicted octanol–water partition coefficient (Wildman–Crippen LogP) is 1.37. The van der Waals surface area contributed by atoms with Crippen LogP contribution in [0.15, 0.2) is 4.90 Å². The standard InChI is InChI=1S/C12H23N3O3S/c1-9-11(10(2)15-14-9)19(16,17)13-8-12(3,4)6-7-18-5/h13H,6-8H2,1-5H3,(H,14,15). The van der Waals surface area contributed by atoms with Gasteiger partial charge >= 0.3 is 0 Å². The Labute approximate surface area is 115 Å². The molecular weight excluding hydrogens is 266 g/mol. The average molecular weight is 289 g/mol. The zero-order chi connectivity index (χ0) is 14.7. The van der Waals surface area contributed by atoms with Crippen LogP contribution in [-0.4, -0.2) is 38.9 Å². The number of ether oxygens (including phenoxy) is 1. The fourth-order valence-electron chi connectivity index (χ4n) is 1.77. The van der Waals surface area contributed by atoms with Gasteiger partial charge in [-0.3, -0.25) is 5.10 Å². The van der Waals surface area contributed by atoms with Crippen LogP contribution in [-0.2, 0) is 14.8 Å². The number of sulfonamides is 1. The normalized spacial score (nSPS) is 12.9. The van der Waals surface area contributed by atoms with E-state index in [4.69, 9.17) is 4.74 Å². The highest BCUT2D eigenvalue weighted by atomic mass is 32.2. The molecule has 19 heavy (non-hydrogen) atoms. The van der Waals surface area contributed by atoms with Crippen LogP contribution < -0.4 is 4.72 Å². The third-order valence-electron chi connectivity index (χ3n) is 3.05. The Balaban J connectivity index is 2.77. The molecule has 0 atom stereocenters. The molecule has 0 spiro atoms. The van der Waals surface area contributed by atoms with Gasteiger partial charge in [0, 0.05) is 20.3 Å². The number of aromatic amines is 1. The fourth-order valence-corrected chi connectivity index (χ4v) is 3.37. The molecule has 0 aromatic carbocycles. The summed E-state index contributed by atoms with van der Waals surface area (Å²) in [6.45, 7) is 8.35. The molecule has 7 heteroatoms. The van der Waals surface area contributed by atoms with Crippen molar-refractivity contribution < 1.29 is 13.2 Å². The Kier molecular flexibility index (Phi) is 5.11. The summed E-state index contributed by atoms with van der Waals surface area (Å²) in [5.74, 6) is 0. The first kappa shape index (κ1) is 16.1. The maximum Gasteiger partial charge on any atom is 0.244 e. The maximum absolute atomic E-state index is 12.3. The van der Waals surface area contributed by atoms with Crippen molar-refractivity contribution in [1.29, 1.82) is 0 Å². The van der Waals surface area contributed by atoms with Crippen molar-refractivity contribution in [3.05, 3.63) is 11.4 Å². The number of H-pyrrole nitrogens is 1. The lowest BCUT2D eigenvalue weighted by molar-refractivity contribution is 0.153. The van der Waals surface area contributed by atoms with Crippen LogP contribution in [0.3, 0.4) is 0 Å². The van der Waals surface area contributed by atoms with E-state index in [-0.39, 0.29) is 10.3 Å². The summed E-state index contributed by atoms with van der Waals surface area (Å²) in [4.78, 5) is 0.245. The smallest absolute Gasteiger partial charge is 0.244 e. The molecule has 1 aromatic heterocycles. The van der Waals surface area contributed by atoms with E-state index in [9.17, 15) is 8.42 Å². The van der Waals surface area contributed by atoms with Crippen molar-refractivity contribution in [2.45, 2.75) is 39.0 Å². The Morgan fingerprint density at radius 1 is 1.37 bits per heavy atom. The van der Waals surface area contributed by atoms with E-state index in [1.807, 2.05) is 13.8 Å². The fraction of sp³-hybridized carbons (Fsp3) is 0.750. The van der Waals surface area contributed by atoms with E-state index >= 15 is 0 Å². The molecule has 0 aliphatic carbocycles. The lowest BCUT2D eigenvalue weighted by atomic mass is 9.90. The third kappa shape index (κ3) is 4.29. The number of nitrogens with one attached hydrogen (secondary N) is 2. The van der Waals surface area contributed by atoms with Gasteiger partial charge in [-0.25, -0.2) is 13.1 Å². The van der Waals surface area contributed by atoms with E-state index in [0.29, 0.717) is 24.5 Å². The van der Waals surface area contributed by atoms with Crippen molar-refractivity contribution in [1.82, 2.24) is 14.9 Å². The molecular formula is C12H23N3O3S. The molecule has 0 amide bonds. The molecule has 0 bridgehead atoms. The quantitative estimate of drug-likeness (QED) is 0.794. The zero-order valence-electron chi connectivity index (χ0n) is 12.2. The minimum absolute atomic E-state index is 0.158. The molecule has 0 aliphatic heterocycles. The predicted molar refractivity (Wildman–Crippen MR) is 73.5 cm³/mol. The second kappa shape index (κ2) is 6.02. The Bertz CT molecular complexity index is 501. The molecule has 0 fully saturated rings. The molecule has 6 nitrogen and oxygen atoms in total. The van der Waals surface area contributed by atoms with Gasteiger partial charge in [-0.1, -0.05) is 13.8 Å². The summed E-state index contributed by atoms with van der Waals surface area (Å²) in [5, 5.41) is 6.60. The second-order valence-electron chi connectivity index (χ2n) is 5.49. The number of nitrogens with zero attached hydrogens (tertiary/aromatic N) is 1. The number of rotatable bonds is 7. The lowest BCUT2D eigenvalue weighted by Gasteiger charge is -2.24. The maximum atomic E-state index is 12.3. The summed E-state index contributed by atoms with van der Waals surface area (Å²) in [6.07, 6.45) is 0.787. The van der Waals surface area contributed by atoms with Crippen LogP contribution in [0.2, 0.25) is 0 Å². The first-order valence-corrected chi connectivity index (χ1v) is 7.68. The number of aromatic nitrogens is 2. The molecule has 0 saturated heterocycles.